The van der Waals surface area contributed by atoms with Crippen LogP contribution in [0.15, 0.2) is 24.3 Å². The Kier molecular flexibility index (Phi) is 3.42. The number of carbonyl (C=O) groups is 1. The third kappa shape index (κ3) is 2.45. The Bertz CT molecular complexity index is 553. The second-order valence-corrected chi connectivity index (χ2v) is 5.95. The van der Waals surface area contributed by atoms with Crippen LogP contribution in [0.25, 0.3) is 6.08 Å². The van der Waals surface area contributed by atoms with Crippen LogP contribution in [0.5, 0.6) is 0 Å². The summed E-state index contributed by atoms with van der Waals surface area (Å²) in [7, 11) is 0. The summed E-state index contributed by atoms with van der Waals surface area (Å²) in [5.74, 6) is 0.0585. The molecule has 1 saturated carbocycles. The van der Waals surface area contributed by atoms with Gasteiger partial charge < -0.3 is 4.74 Å². The number of benzene rings is 1. The first kappa shape index (κ1) is 13.2. The van der Waals surface area contributed by atoms with Crippen LogP contribution >= 0.6 is 23.2 Å². The summed E-state index contributed by atoms with van der Waals surface area (Å²) < 4.78 is 5.61. The molecule has 0 aromatic heterocycles. The van der Waals surface area contributed by atoms with Gasteiger partial charge in [-0.05, 0) is 49.1 Å². The van der Waals surface area contributed by atoms with E-state index < -0.39 is 5.60 Å². The highest BCUT2D eigenvalue weighted by Gasteiger charge is 2.61. The van der Waals surface area contributed by atoms with Gasteiger partial charge in [0.25, 0.3) is 0 Å². The lowest BCUT2D eigenvalue weighted by atomic mass is 9.86. The fraction of sp³-hybridized carbons (Fsp3) is 0.400. The van der Waals surface area contributed by atoms with Gasteiger partial charge in [0.1, 0.15) is 0 Å². The molecule has 2 fully saturated rings. The van der Waals surface area contributed by atoms with Crippen molar-refractivity contribution in [3.05, 3.63) is 39.9 Å². The summed E-state index contributed by atoms with van der Waals surface area (Å²) in [6, 6.07) is 5.23. The molecule has 19 heavy (non-hydrogen) atoms. The molecular weight excluding hydrogens is 283 g/mol. The fourth-order valence-corrected chi connectivity index (χ4v) is 3.20. The maximum absolute atomic E-state index is 12.2. The van der Waals surface area contributed by atoms with Crippen molar-refractivity contribution in [1.82, 2.24) is 0 Å². The van der Waals surface area contributed by atoms with E-state index in [0.717, 1.165) is 31.2 Å². The average molecular weight is 297 g/mol. The standard InChI is InChI=1S/C15H14Cl2O2/c16-11-6-4-10(12(17)9-11)5-7-13(18)15-8-2-1-3-14(15)19-15/h4-7,9,14H,1-3,8H2/b7-5+/t14-,15+/m0/s1. The molecule has 1 aliphatic carbocycles. The number of halogens is 2. The lowest BCUT2D eigenvalue weighted by Gasteiger charge is -2.13. The Labute approximate surface area is 122 Å². The molecule has 3 rings (SSSR count). The third-order valence-corrected chi connectivity index (χ3v) is 4.44. The molecule has 0 amide bonds. The molecule has 1 aliphatic heterocycles. The van der Waals surface area contributed by atoms with Gasteiger partial charge in [0.05, 0.1) is 6.10 Å². The molecule has 1 heterocycles. The second-order valence-electron chi connectivity index (χ2n) is 5.11. The molecule has 0 N–H and O–H groups in total. The highest BCUT2D eigenvalue weighted by molar-refractivity contribution is 6.35. The monoisotopic (exact) mass is 296 g/mol. The van der Waals surface area contributed by atoms with E-state index in [4.69, 9.17) is 27.9 Å². The van der Waals surface area contributed by atoms with Gasteiger partial charge in [-0.15, -0.1) is 0 Å². The van der Waals surface area contributed by atoms with Gasteiger partial charge in [0.15, 0.2) is 11.4 Å². The number of hydrogen-bond donors (Lipinski definition) is 0. The summed E-state index contributed by atoms with van der Waals surface area (Å²) in [4.78, 5) is 12.2. The lowest BCUT2D eigenvalue weighted by molar-refractivity contribution is -0.119. The molecule has 2 nitrogen and oxygen atoms in total. The van der Waals surface area contributed by atoms with Crippen molar-refractivity contribution >= 4 is 35.1 Å². The van der Waals surface area contributed by atoms with Crippen molar-refractivity contribution in [1.29, 1.82) is 0 Å². The van der Waals surface area contributed by atoms with Gasteiger partial charge in [-0.1, -0.05) is 35.7 Å². The number of hydrogen-bond acceptors (Lipinski definition) is 2. The summed E-state index contributed by atoms with van der Waals surface area (Å²) in [6.07, 6.45) is 7.53. The zero-order valence-corrected chi connectivity index (χ0v) is 11.9. The number of epoxide rings is 1. The van der Waals surface area contributed by atoms with E-state index in [0.29, 0.717) is 10.0 Å². The molecule has 1 aromatic rings. The van der Waals surface area contributed by atoms with Crippen LogP contribution in [-0.2, 0) is 9.53 Å². The normalized spacial score (nSPS) is 29.3. The molecule has 2 atom stereocenters. The maximum Gasteiger partial charge on any atom is 0.190 e. The largest absolute Gasteiger partial charge is 0.357 e. The first-order valence-corrected chi connectivity index (χ1v) is 7.23. The van der Waals surface area contributed by atoms with Crippen molar-refractivity contribution in [2.24, 2.45) is 0 Å². The minimum atomic E-state index is -0.520. The molecule has 1 aromatic carbocycles. The summed E-state index contributed by atoms with van der Waals surface area (Å²) in [6.45, 7) is 0. The Balaban J connectivity index is 1.74. The maximum atomic E-state index is 12.2. The van der Waals surface area contributed by atoms with E-state index in [2.05, 4.69) is 0 Å². The van der Waals surface area contributed by atoms with E-state index in [9.17, 15) is 4.79 Å². The van der Waals surface area contributed by atoms with E-state index in [1.165, 1.54) is 0 Å². The van der Waals surface area contributed by atoms with Gasteiger partial charge in [-0.3, -0.25) is 4.79 Å². The van der Waals surface area contributed by atoms with Crippen molar-refractivity contribution in [2.75, 3.05) is 0 Å². The topological polar surface area (TPSA) is 29.6 Å². The van der Waals surface area contributed by atoms with Crippen LogP contribution in [0.4, 0.5) is 0 Å². The fourth-order valence-electron chi connectivity index (χ4n) is 2.73. The summed E-state index contributed by atoms with van der Waals surface area (Å²) in [5, 5.41) is 1.14. The highest BCUT2D eigenvalue weighted by atomic mass is 35.5. The molecule has 0 radical (unpaired) electrons. The quantitative estimate of drug-likeness (QED) is 0.615. The number of fused-ring (bicyclic) bond motifs is 1. The molecule has 100 valence electrons. The first-order chi connectivity index (χ1) is 9.12. The average Bonchev–Trinajstić information content (AvgIpc) is 3.13. The van der Waals surface area contributed by atoms with Crippen LogP contribution in [0.3, 0.4) is 0 Å². The summed E-state index contributed by atoms with van der Waals surface area (Å²) in [5.41, 5.74) is 0.275. The van der Waals surface area contributed by atoms with Crippen molar-refractivity contribution in [3.8, 4) is 0 Å². The Hall–Kier alpha value is -0.830. The molecule has 2 aliphatic rings. The SMILES string of the molecule is O=C(/C=C/c1ccc(Cl)cc1Cl)[C@]12CCCC[C@@H]1O2. The van der Waals surface area contributed by atoms with Crippen molar-refractivity contribution < 1.29 is 9.53 Å². The third-order valence-electron chi connectivity index (χ3n) is 3.87. The van der Waals surface area contributed by atoms with E-state index in [1.807, 2.05) is 0 Å². The smallest absolute Gasteiger partial charge is 0.190 e. The summed E-state index contributed by atoms with van der Waals surface area (Å²) >= 11 is 11.9. The second kappa shape index (κ2) is 4.93. The van der Waals surface area contributed by atoms with Gasteiger partial charge in [0.2, 0.25) is 0 Å². The predicted molar refractivity (Wildman–Crippen MR) is 76.6 cm³/mol. The van der Waals surface area contributed by atoms with Gasteiger partial charge in [-0.2, -0.15) is 0 Å². The van der Waals surface area contributed by atoms with Crippen LogP contribution < -0.4 is 0 Å². The van der Waals surface area contributed by atoms with Crippen LogP contribution in [0.1, 0.15) is 31.2 Å². The van der Waals surface area contributed by atoms with Crippen LogP contribution in [0.2, 0.25) is 10.0 Å². The Morgan fingerprint density at radius 3 is 2.95 bits per heavy atom. The highest BCUT2D eigenvalue weighted by Crippen LogP contribution is 2.48. The van der Waals surface area contributed by atoms with Gasteiger partial charge in [-0.25, -0.2) is 0 Å². The number of ketones is 1. The molecule has 0 unspecified atom stereocenters. The van der Waals surface area contributed by atoms with Crippen molar-refractivity contribution in [2.45, 2.75) is 37.4 Å². The molecule has 0 bridgehead atoms. The van der Waals surface area contributed by atoms with Crippen LogP contribution in [-0.4, -0.2) is 17.5 Å². The Morgan fingerprint density at radius 2 is 2.21 bits per heavy atom. The number of ether oxygens (including phenoxy) is 1. The first-order valence-electron chi connectivity index (χ1n) is 6.47. The van der Waals surface area contributed by atoms with E-state index >= 15 is 0 Å². The lowest BCUT2D eigenvalue weighted by Crippen LogP contribution is -2.28. The van der Waals surface area contributed by atoms with Crippen molar-refractivity contribution in [3.63, 3.8) is 0 Å². The predicted octanol–water partition coefficient (Wildman–Crippen LogP) is 4.29. The number of rotatable bonds is 3. The molecular formula is C15H14Cl2O2. The minimum absolute atomic E-state index is 0.0585. The van der Waals surface area contributed by atoms with E-state index in [1.54, 1.807) is 30.4 Å². The Morgan fingerprint density at radius 1 is 1.37 bits per heavy atom. The van der Waals surface area contributed by atoms with Gasteiger partial charge in [0, 0.05) is 10.0 Å². The molecule has 4 heteroatoms. The number of carbonyl (C=O) groups excluding carboxylic acids is 1. The van der Waals surface area contributed by atoms with Crippen LogP contribution in [0, 0.1) is 0 Å². The zero-order valence-electron chi connectivity index (χ0n) is 10.4. The van der Waals surface area contributed by atoms with Gasteiger partial charge >= 0.3 is 0 Å². The molecule has 0 spiro atoms. The zero-order chi connectivity index (χ0) is 13.5. The minimum Gasteiger partial charge on any atom is -0.357 e. The van der Waals surface area contributed by atoms with E-state index in [-0.39, 0.29) is 11.9 Å². The molecule has 1 saturated heterocycles.